The van der Waals surface area contributed by atoms with Crippen molar-refractivity contribution in [1.82, 2.24) is 20.3 Å². The van der Waals surface area contributed by atoms with Crippen LogP contribution in [0.15, 0.2) is 36.5 Å². The van der Waals surface area contributed by atoms with E-state index < -0.39 is 0 Å². The topological polar surface area (TPSA) is 42.7 Å². The third kappa shape index (κ3) is 2.43. The molecule has 1 aliphatic heterocycles. The lowest BCUT2D eigenvalue weighted by molar-refractivity contribution is 0.335. The maximum absolute atomic E-state index is 4.26. The molecule has 1 unspecified atom stereocenters. The zero-order valence-corrected chi connectivity index (χ0v) is 10.4. The molecule has 1 aromatic heterocycles. The molecule has 1 N–H and O–H groups in total. The van der Waals surface area contributed by atoms with Crippen LogP contribution in [0.3, 0.4) is 0 Å². The van der Waals surface area contributed by atoms with Gasteiger partial charge in [-0.05, 0) is 24.9 Å². The fourth-order valence-corrected chi connectivity index (χ4v) is 2.55. The van der Waals surface area contributed by atoms with Crippen molar-refractivity contribution in [1.29, 1.82) is 0 Å². The molecule has 0 radical (unpaired) electrons. The molecule has 1 atom stereocenters. The first-order chi connectivity index (χ1) is 8.93. The maximum Gasteiger partial charge on any atom is 0.0728 e. The Kier molecular flexibility index (Phi) is 3.37. The number of aromatic nitrogens is 3. The fourth-order valence-electron chi connectivity index (χ4n) is 2.55. The number of piperidine rings is 1. The Balaban J connectivity index is 1.78. The Morgan fingerprint density at radius 2 is 2.17 bits per heavy atom. The molecule has 1 aliphatic rings. The van der Waals surface area contributed by atoms with Gasteiger partial charge in [0, 0.05) is 13.0 Å². The summed E-state index contributed by atoms with van der Waals surface area (Å²) >= 11 is 0. The van der Waals surface area contributed by atoms with E-state index >= 15 is 0 Å². The van der Waals surface area contributed by atoms with E-state index in [1.165, 1.54) is 24.1 Å². The fraction of sp³-hybridized carbons (Fsp3) is 0.429. The van der Waals surface area contributed by atoms with E-state index in [2.05, 4.69) is 44.6 Å². The number of nitrogens with one attached hydrogen (secondary N) is 1. The van der Waals surface area contributed by atoms with Gasteiger partial charge in [0.2, 0.25) is 0 Å². The highest BCUT2D eigenvalue weighted by Crippen LogP contribution is 2.18. The molecule has 2 heterocycles. The molecule has 3 rings (SSSR count). The third-order valence-electron chi connectivity index (χ3n) is 3.49. The lowest BCUT2D eigenvalue weighted by Gasteiger charge is -2.24. The van der Waals surface area contributed by atoms with Gasteiger partial charge in [-0.15, -0.1) is 5.10 Å². The molecule has 4 nitrogen and oxygen atoms in total. The Bertz CT molecular complexity index is 486. The lowest BCUT2D eigenvalue weighted by Crippen LogP contribution is -2.32. The van der Waals surface area contributed by atoms with Crippen molar-refractivity contribution in [3.05, 3.63) is 47.8 Å². The highest BCUT2D eigenvalue weighted by atomic mass is 15.4. The van der Waals surface area contributed by atoms with Crippen molar-refractivity contribution < 1.29 is 0 Å². The smallest absolute Gasteiger partial charge is 0.0728 e. The van der Waals surface area contributed by atoms with E-state index in [1.54, 1.807) is 0 Å². The number of benzene rings is 1. The molecular formula is C14H18N4. The summed E-state index contributed by atoms with van der Waals surface area (Å²) in [6.45, 7) is 2.13. The van der Waals surface area contributed by atoms with Crippen molar-refractivity contribution in [3.8, 4) is 0 Å². The molecule has 0 amide bonds. The number of rotatable bonds is 3. The van der Waals surface area contributed by atoms with Crippen molar-refractivity contribution in [3.63, 3.8) is 0 Å². The molecule has 2 aromatic rings. The van der Waals surface area contributed by atoms with Crippen LogP contribution >= 0.6 is 0 Å². The van der Waals surface area contributed by atoms with Gasteiger partial charge in [-0.1, -0.05) is 35.5 Å². The number of nitrogens with zero attached hydrogens (tertiary/aromatic N) is 3. The molecule has 94 valence electrons. The Morgan fingerprint density at radius 1 is 1.28 bits per heavy atom. The molecule has 1 aromatic carbocycles. The summed E-state index contributed by atoms with van der Waals surface area (Å²) in [7, 11) is 0. The van der Waals surface area contributed by atoms with E-state index in [0.717, 1.165) is 19.5 Å². The average Bonchev–Trinajstić information content (AvgIpc) is 2.89. The minimum atomic E-state index is 0.458. The van der Waals surface area contributed by atoms with Gasteiger partial charge < -0.3 is 5.32 Å². The molecule has 0 bridgehead atoms. The average molecular weight is 242 g/mol. The highest BCUT2D eigenvalue weighted by molar-refractivity contribution is 5.20. The Morgan fingerprint density at radius 3 is 2.94 bits per heavy atom. The van der Waals surface area contributed by atoms with Gasteiger partial charge in [-0.3, -0.25) is 0 Å². The first kappa shape index (κ1) is 11.4. The second-order valence-electron chi connectivity index (χ2n) is 4.83. The summed E-state index contributed by atoms with van der Waals surface area (Å²) in [4.78, 5) is 0. The van der Waals surface area contributed by atoms with Gasteiger partial charge in [0.15, 0.2) is 0 Å². The largest absolute Gasteiger partial charge is 0.315 e. The molecule has 1 fully saturated rings. The van der Waals surface area contributed by atoms with Gasteiger partial charge in [0.05, 0.1) is 17.9 Å². The first-order valence-corrected chi connectivity index (χ1v) is 6.57. The van der Waals surface area contributed by atoms with Crippen LogP contribution in [0, 0.1) is 0 Å². The van der Waals surface area contributed by atoms with E-state index in [4.69, 9.17) is 0 Å². The summed E-state index contributed by atoms with van der Waals surface area (Å²) in [6.07, 6.45) is 5.21. The normalized spacial score (nSPS) is 19.9. The Hall–Kier alpha value is -1.68. The molecule has 0 spiro atoms. The molecule has 18 heavy (non-hydrogen) atoms. The number of hydrogen-bond donors (Lipinski definition) is 1. The monoisotopic (exact) mass is 242 g/mol. The maximum atomic E-state index is 4.26. The zero-order valence-electron chi connectivity index (χ0n) is 10.4. The van der Waals surface area contributed by atoms with Gasteiger partial charge in [0.1, 0.15) is 0 Å². The minimum absolute atomic E-state index is 0.458. The standard InChI is InChI=1S/C14H18N4/c1-2-5-12(6-3-1)9-14-11-16-17-18(14)13-7-4-8-15-10-13/h1-3,5-6,11,13,15H,4,7-10H2. The Labute approximate surface area is 107 Å². The SMILES string of the molecule is c1ccc(Cc2cnnn2C2CCCNC2)cc1. The predicted octanol–water partition coefficient (Wildman–Crippen LogP) is 1.79. The van der Waals surface area contributed by atoms with Crippen LogP contribution < -0.4 is 5.32 Å². The highest BCUT2D eigenvalue weighted by Gasteiger charge is 2.18. The van der Waals surface area contributed by atoms with Crippen LogP contribution in [-0.4, -0.2) is 28.1 Å². The molecule has 0 saturated carbocycles. The van der Waals surface area contributed by atoms with E-state index in [1.807, 2.05) is 12.3 Å². The van der Waals surface area contributed by atoms with Crippen molar-refractivity contribution >= 4 is 0 Å². The molecule has 0 aliphatic carbocycles. The van der Waals surface area contributed by atoms with Gasteiger partial charge >= 0.3 is 0 Å². The van der Waals surface area contributed by atoms with Crippen LogP contribution in [-0.2, 0) is 6.42 Å². The predicted molar refractivity (Wildman–Crippen MR) is 70.4 cm³/mol. The van der Waals surface area contributed by atoms with Crippen LogP contribution in [0.25, 0.3) is 0 Å². The van der Waals surface area contributed by atoms with E-state index in [-0.39, 0.29) is 0 Å². The van der Waals surface area contributed by atoms with Crippen molar-refractivity contribution in [2.75, 3.05) is 13.1 Å². The molecular weight excluding hydrogens is 224 g/mol. The van der Waals surface area contributed by atoms with Crippen LogP contribution in [0.4, 0.5) is 0 Å². The summed E-state index contributed by atoms with van der Waals surface area (Å²) in [5.41, 5.74) is 2.51. The van der Waals surface area contributed by atoms with Crippen molar-refractivity contribution in [2.45, 2.75) is 25.3 Å². The second kappa shape index (κ2) is 5.31. The zero-order chi connectivity index (χ0) is 12.2. The van der Waals surface area contributed by atoms with Gasteiger partial charge in [-0.25, -0.2) is 4.68 Å². The van der Waals surface area contributed by atoms with Crippen LogP contribution in [0.5, 0.6) is 0 Å². The third-order valence-corrected chi connectivity index (χ3v) is 3.49. The lowest BCUT2D eigenvalue weighted by atomic mass is 10.1. The van der Waals surface area contributed by atoms with Crippen LogP contribution in [0.1, 0.15) is 30.1 Å². The first-order valence-electron chi connectivity index (χ1n) is 6.57. The quantitative estimate of drug-likeness (QED) is 0.892. The minimum Gasteiger partial charge on any atom is -0.315 e. The van der Waals surface area contributed by atoms with Gasteiger partial charge in [0.25, 0.3) is 0 Å². The second-order valence-corrected chi connectivity index (χ2v) is 4.83. The van der Waals surface area contributed by atoms with E-state index in [9.17, 15) is 0 Å². The summed E-state index contributed by atoms with van der Waals surface area (Å²) in [6, 6.07) is 11.0. The summed E-state index contributed by atoms with van der Waals surface area (Å²) in [5, 5.41) is 11.8. The van der Waals surface area contributed by atoms with E-state index in [0.29, 0.717) is 6.04 Å². The molecule has 1 saturated heterocycles. The van der Waals surface area contributed by atoms with Crippen molar-refractivity contribution in [2.24, 2.45) is 0 Å². The summed E-state index contributed by atoms with van der Waals surface area (Å²) in [5.74, 6) is 0. The molecule has 4 heteroatoms. The summed E-state index contributed by atoms with van der Waals surface area (Å²) < 4.78 is 2.10. The van der Waals surface area contributed by atoms with Gasteiger partial charge in [-0.2, -0.15) is 0 Å². The number of hydrogen-bond acceptors (Lipinski definition) is 3. The van der Waals surface area contributed by atoms with Crippen LogP contribution in [0.2, 0.25) is 0 Å².